The number of benzene rings is 1. The van der Waals surface area contributed by atoms with E-state index < -0.39 is 0 Å². The van der Waals surface area contributed by atoms with Gasteiger partial charge >= 0.3 is 0 Å². The molecule has 0 aliphatic carbocycles. The molecule has 0 bridgehead atoms. The van der Waals surface area contributed by atoms with E-state index in [1.165, 1.54) is 11.3 Å². The molecule has 1 aromatic rings. The fourth-order valence-corrected chi connectivity index (χ4v) is 1.89. The van der Waals surface area contributed by atoms with Crippen LogP contribution >= 0.6 is 24.0 Å². The maximum atomic E-state index is 2.21. The molecule has 0 saturated carbocycles. The quantitative estimate of drug-likeness (QED) is 0.750. The second kappa shape index (κ2) is 7.38. The Balaban J connectivity index is 0.00000180. The van der Waals surface area contributed by atoms with E-state index in [0.717, 1.165) is 0 Å². The Hall–Kier alpha value is -1.23. The molecule has 3 heteroatoms. The molecule has 0 amide bonds. The number of halogens is 1. The van der Waals surface area contributed by atoms with E-state index in [2.05, 4.69) is 91.8 Å². The summed E-state index contributed by atoms with van der Waals surface area (Å²) >= 11 is 0. The van der Waals surface area contributed by atoms with Crippen LogP contribution < -0.4 is 4.90 Å². The minimum absolute atomic E-state index is 0. The number of rotatable bonds is 3. The molecular weight excluding hydrogens is 347 g/mol. The van der Waals surface area contributed by atoms with E-state index >= 15 is 0 Å². The molecule has 1 aliphatic heterocycles. The Labute approximate surface area is 133 Å². The minimum Gasteiger partial charge on any atom is -0.378 e. The Kier molecular flexibility index (Phi) is 6.15. The summed E-state index contributed by atoms with van der Waals surface area (Å²) in [4.78, 5) is 4.29. The first-order valence-electron chi connectivity index (χ1n) is 6.19. The van der Waals surface area contributed by atoms with Crippen LogP contribution in [0.2, 0.25) is 0 Å². The molecule has 1 atom stereocenters. The van der Waals surface area contributed by atoms with E-state index in [-0.39, 0.29) is 24.0 Å². The maximum Gasteiger partial charge on any atom is 0.0654 e. The molecule has 19 heavy (non-hydrogen) atoms. The second-order valence-corrected chi connectivity index (χ2v) is 4.73. The third-order valence-corrected chi connectivity index (χ3v) is 3.11. The summed E-state index contributed by atoms with van der Waals surface area (Å²) in [5.74, 6) is 0. The number of anilines is 1. The predicted octanol–water partition coefficient (Wildman–Crippen LogP) is 3.77. The van der Waals surface area contributed by atoms with E-state index in [4.69, 9.17) is 0 Å². The van der Waals surface area contributed by atoms with Crippen molar-refractivity contribution in [3.63, 3.8) is 0 Å². The molecule has 2 rings (SSSR count). The fourth-order valence-electron chi connectivity index (χ4n) is 1.89. The van der Waals surface area contributed by atoms with Gasteiger partial charge in [-0.3, -0.25) is 0 Å². The lowest BCUT2D eigenvalue weighted by Crippen LogP contribution is -2.24. The molecule has 1 aromatic carbocycles. The van der Waals surface area contributed by atoms with Crippen molar-refractivity contribution >= 4 is 35.7 Å². The van der Waals surface area contributed by atoms with Crippen LogP contribution in [0.1, 0.15) is 5.56 Å². The Morgan fingerprint density at radius 3 is 2.37 bits per heavy atom. The molecule has 0 radical (unpaired) electrons. The first kappa shape index (κ1) is 15.8. The van der Waals surface area contributed by atoms with Crippen molar-refractivity contribution in [3.05, 3.63) is 60.3 Å². The van der Waals surface area contributed by atoms with Crippen molar-refractivity contribution in [2.45, 2.75) is 6.04 Å². The van der Waals surface area contributed by atoms with Crippen molar-refractivity contribution in [2.24, 2.45) is 0 Å². The van der Waals surface area contributed by atoms with E-state index in [9.17, 15) is 0 Å². The molecular formula is C16H21IN2. The number of allylic oxidation sites excluding steroid dienone is 2. The van der Waals surface area contributed by atoms with Gasteiger partial charge in [-0.15, -0.1) is 24.0 Å². The lowest BCUT2D eigenvalue weighted by atomic mass is 10.1. The van der Waals surface area contributed by atoms with Gasteiger partial charge in [0.25, 0.3) is 0 Å². The van der Waals surface area contributed by atoms with Gasteiger partial charge in [-0.1, -0.05) is 36.4 Å². The van der Waals surface area contributed by atoms with Crippen LogP contribution in [0.5, 0.6) is 0 Å². The minimum atomic E-state index is 0. The number of likely N-dealkylation sites (N-methyl/N-ethyl adjacent to an activating group) is 1. The standard InChI is InChI=1S/C16H20N2.HI/c1-17(2)15-10-7-14(8-11-15)9-12-16-6-4-5-13-18(16)3;/h4-13,16H,1-3H3;1H/b12-9+;. The smallest absolute Gasteiger partial charge is 0.0654 e. The Bertz CT molecular complexity index is 472. The summed E-state index contributed by atoms with van der Waals surface area (Å²) in [5, 5.41) is 0. The largest absolute Gasteiger partial charge is 0.378 e. The van der Waals surface area contributed by atoms with Gasteiger partial charge in [0.1, 0.15) is 0 Å². The zero-order chi connectivity index (χ0) is 13.0. The van der Waals surface area contributed by atoms with Crippen LogP contribution in [-0.4, -0.2) is 32.1 Å². The highest BCUT2D eigenvalue weighted by molar-refractivity contribution is 14.0. The zero-order valence-electron chi connectivity index (χ0n) is 11.7. The summed E-state index contributed by atoms with van der Waals surface area (Å²) in [5.41, 5.74) is 2.46. The second-order valence-electron chi connectivity index (χ2n) is 4.73. The Morgan fingerprint density at radius 2 is 1.79 bits per heavy atom. The van der Waals surface area contributed by atoms with Gasteiger partial charge in [-0.05, 0) is 30.0 Å². The average molecular weight is 368 g/mol. The predicted molar refractivity (Wildman–Crippen MR) is 95.0 cm³/mol. The van der Waals surface area contributed by atoms with Crippen LogP contribution in [0.25, 0.3) is 6.08 Å². The van der Waals surface area contributed by atoms with Gasteiger partial charge in [0.05, 0.1) is 6.04 Å². The van der Waals surface area contributed by atoms with Gasteiger partial charge in [-0.2, -0.15) is 0 Å². The third kappa shape index (κ3) is 4.42. The molecule has 0 aromatic heterocycles. The van der Waals surface area contributed by atoms with Gasteiger partial charge in [0, 0.05) is 26.8 Å². The van der Waals surface area contributed by atoms with Crippen LogP contribution in [0, 0.1) is 0 Å². The van der Waals surface area contributed by atoms with Crippen LogP contribution in [-0.2, 0) is 0 Å². The molecule has 0 saturated heterocycles. The first-order valence-corrected chi connectivity index (χ1v) is 6.19. The zero-order valence-corrected chi connectivity index (χ0v) is 14.0. The fraction of sp³-hybridized carbons (Fsp3) is 0.250. The molecule has 0 spiro atoms. The van der Waals surface area contributed by atoms with Crippen molar-refractivity contribution in [3.8, 4) is 0 Å². The van der Waals surface area contributed by atoms with Crippen molar-refractivity contribution < 1.29 is 0 Å². The van der Waals surface area contributed by atoms with Gasteiger partial charge in [-0.25, -0.2) is 0 Å². The molecule has 102 valence electrons. The highest BCUT2D eigenvalue weighted by Gasteiger charge is 2.05. The highest BCUT2D eigenvalue weighted by Crippen LogP contribution is 2.14. The van der Waals surface area contributed by atoms with E-state index in [1.807, 2.05) is 0 Å². The van der Waals surface area contributed by atoms with E-state index in [1.54, 1.807) is 0 Å². The molecule has 0 fully saturated rings. The van der Waals surface area contributed by atoms with Crippen molar-refractivity contribution in [1.29, 1.82) is 0 Å². The van der Waals surface area contributed by atoms with Gasteiger partial charge in [0.2, 0.25) is 0 Å². The summed E-state index contributed by atoms with van der Waals surface area (Å²) < 4.78 is 0. The number of hydrogen-bond donors (Lipinski definition) is 0. The molecule has 1 heterocycles. The summed E-state index contributed by atoms with van der Waals surface area (Å²) in [7, 11) is 6.20. The SMILES string of the molecule is CN(C)c1ccc(/C=C/C2C=CC=CN2C)cc1.I. The summed E-state index contributed by atoms with van der Waals surface area (Å²) in [6, 6.07) is 8.92. The van der Waals surface area contributed by atoms with Crippen LogP contribution in [0.3, 0.4) is 0 Å². The first-order chi connectivity index (χ1) is 8.66. The maximum absolute atomic E-state index is 2.21. The van der Waals surface area contributed by atoms with Crippen LogP contribution in [0.4, 0.5) is 5.69 Å². The third-order valence-electron chi connectivity index (χ3n) is 3.11. The van der Waals surface area contributed by atoms with Gasteiger partial charge < -0.3 is 9.80 Å². The monoisotopic (exact) mass is 368 g/mol. The number of nitrogens with zero attached hydrogens (tertiary/aromatic N) is 2. The molecule has 1 unspecified atom stereocenters. The lowest BCUT2D eigenvalue weighted by molar-refractivity contribution is 0.434. The van der Waals surface area contributed by atoms with Crippen molar-refractivity contribution in [1.82, 2.24) is 4.90 Å². The van der Waals surface area contributed by atoms with E-state index in [0.29, 0.717) is 6.04 Å². The Morgan fingerprint density at radius 1 is 1.11 bits per heavy atom. The van der Waals surface area contributed by atoms with Crippen molar-refractivity contribution in [2.75, 3.05) is 26.0 Å². The normalized spacial score (nSPS) is 17.6. The average Bonchev–Trinajstić information content (AvgIpc) is 2.38. The molecule has 1 aliphatic rings. The van der Waals surface area contributed by atoms with Crippen LogP contribution in [0.15, 0.2) is 54.8 Å². The lowest BCUT2D eigenvalue weighted by Gasteiger charge is -2.23. The topological polar surface area (TPSA) is 6.48 Å². The highest BCUT2D eigenvalue weighted by atomic mass is 127. The molecule has 2 nitrogen and oxygen atoms in total. The summed E-state index contributed by atoms with van der Waals surface area (Å²) in [6.07, 6.45) is 12.8. The van der Waals surface area contributed by atoms with Gasteiger partial charge in [0.15, 0.2) is 0 Å². The molecule has 0 N–H and O–H groups in total. The summed E-state index contributed by atoms with van der Waals surface area (Å²) in [6.45, 7) is 0. The number of hydrogen-bond acceptors (Lipinski definition) is 2.